The Morgan fingerprint density at radius 3 is 2.50 bits per heavy atom. The van der Waals surface area contributed by atoms with Crippen molar-refractivity contribution in [1.82, 2.24) is 4.72 Å². The molecular formula is C15H24N2O2S. The van der Waals surface area contributed by atoms with Crippen molar-refractivity contribution in [2.45, 2.75) is 63.8 Å². The van der Waals surface area contributed by atoms with Gasteiger partial charge in [0.05, 0.1) is 11.8 Å². The van der Waals surface area contributed by atoms with Crippen LogP contribution < -0.4 is 4.72 Å². The third kappa shape index (κ3) is 3.35. The van der Waals surface area contributed by atoms with E-state index in [4.69, 9.17) is 5.26 Å². The molecule has 0 spiro atoms. The highest BCUT2D eigenvalue weighted by molar-refractivity contribution is 7.89. The van der Waals surface area contributed by atoms with Gasteiger partial charge in [-0.15, -0.1) is 0 Å². The molecule has 3 aliphatic rings. The number of hydrogen-bond donors (Lipinski definition) is 1. The largest absolute Gasteiger partial charge is 0.212 e. The summed E-state index contributed by atoms with van der Waals surface area (Å²) in [4.78, 5) is 0. The Kier molecular flexibility index (Phi) is 3.81. The highest BCUT2D eigenvalue weighted by Crippen LogP contribution is 2.50. The first-order valence-electron chi connectivity index (χ1n) is 7.91. The van der Waals surface area contributed by atoms with Gasteiger partial charge in [0.25, 0.3) is 0 Å². The molecule has 0 bridgehead atoms. The maximum Gasteiger partial charge on any atom is 0.212 e. The van der Waals surface area contributed by atoms with Crippen molar-refractivity contribution in [3.05, 3.63) is 0 Å². The van der Waals surface area contributed by atoms with Gasteiger partial charge in [-0.05, 0) is 36.5 Å². The van der Waals surface area contributed by atoms with E-state index >= 15 is 0 Å². The first-order valence-corrected chi connectivity index (χ1v) is 9.56. The van der Waals surface area contributed by atoms with Crippen molar-refractivity contribution < 1.29 is 8.42 Å². The maximum absolute atomic E-state index is 12.2. The average Bonchev–Trinajstić information content (AvgIpc) is 3.29. The number of nitrogens with zero attached hydrogens (tertiary/aromatic N) is 1. The van der Waals surface area contributed by atoms with Gasteiger partial charge < -0.3 is 0 Å². The molecule has 0 aromatic carbocycles. The monoisotopic (exact) mass is 296 g/mol. The number of rotatable bonds is 6. The number of sulfonamides is 1. The minimum absolute atomic E-state index is 0.154. The van der Waals surface area contributed by atoms with Gasteiger partial charge in [0.2, 0.25) is 10.0 Å². The molecule has 0 radical (unpaired) electrons. The van der Waals surface area contributed by atoms with Crippen LogP contribution in [-0.4, -0.2) is 20.2 Å². The molecule has 2 atom stereocenters. The summed E-state index contributed by atoms with van der Waals surface area (Å²) in [7, 11) is -3.21. The van der Waals surface area contributed by atoms with E-state index in [9.17, 15) is 8.42 Å². The molecule has 5 heteroatoms. The molecule has 3 rings (SSSR count). The molecule has 1 N–H and O–H groups in total. The fraction of sp³-hybridized carbons (Fsp3) is 0.933. The number of hydrogen-bond acceptors (Lipinski definition) is 3. The minimum Gasteiger partial charge on any atom is -0.212 e. The van der Waals surface area contributed by atoms with Gasteiger partial charge in [0, 0.05) is 12.5 Å². The zero-order valence-electron chi connectivity index (χ0n) is 12.0. The van der Waals surface area contributed by atoms with E-state index in [1.165, 1.54) is 32.1 Å². The lowest BCUT2D eigenvalue weighted by molar-refractivity contribution is 0.316. The molecule has 0 amide bonds. The molecule has 0 aliphatic heterocycles. The van der Waals surface area contributed by atoms with Crippen LogP contribution in [-0.2, 0) is 10.0 Å². The van der Waals surface area contributed by atoms with Crippen LogP contribution in [0, 0.1) is 28.6 Å². The molecule has 4 nitrogen and oxygen atoms in total. The van der Waals surface area contributed by atoms with Crippen LogP contribution in [0.5, 0.6) is 0 Å². The highest BCUT2D eigenvalue weighted by atomic mass is 32.2. The minimum atomic E-state index is -3.21. The van der Waals surface area contributed by atoms with Crippen LogP contribution in [0.15, 0.2) is 0 Å². The molecule has 3 fully saturated rings. The summed E-state index contributed by atoms with van der Waals surface area (Å²) in [5, 5.41) is 8.78. The molecule has 0 heterocycles. The highest BCUT2D eigenvalue weighted by Gasteiger charge is 2.49. The van der Waals surface area contributed by atoms with E-state index in [1.807, 2.05) is 0 Å². The fourth-order valence-electron chi connectivity index (χ4n) is 3.83. The Bertz CT molecular complexity index is 498. The summed E-state index contributed by atoms with van der Waals surface area (Å²) in [6.45, 7) is 0. The second-order valence-corrected chi connectivity index (χ2v) is 8.87. The Balaban J connectivity index is 1.50. The van der Waals surface area contributed by atoms with Gasteiger partial charge in [-0.2, -0.15) is 5.26 Å². The van der Waals surface area contributed by atoms with Crippen LogP contribution in [0.2, 0.25) is 0 Å². The Morgan fingerprint density at radius 1 is 1.20 bits per heavy atom. The van der Waals surface area contributed by atoms with E-state index < -0.39 is 10.0 Å². The van der Waals surface area contributed by atoms with Gasteiger partial charge in [0.1, 0.15) is 0 Å². The van der Waals surface area contributed by atoms with Crippen molar-refractivity contribution in [2.24, 2.45) is 17.3 Å². The molecule has 3 saturated carbocycles. The summed E-state index contributed by atoms with van der Waals surface area (Å²) in [6.07, 6.45) is 9.70. The lowest BCUT2D eigenvalue weighted by Gasteiger charge is -2.21. The van der Waals surface area contributed by atoms with Crippen molar-refractivity contribution in [3.63, 3.8) is 0 Å². The van der Waals surface area contributed by atoms with E-state index in [1.54, 1.807) is 0 Å². The second kappa shape index (κ2) is 5.31. The fourth-order valence-corrected chi connectivity index (χ4v) is 5.84. The van der Waals surface area contributed by atoms with Crippen molar-refractivity contribution in [3.8, 4) is 6.07 Å². The standard InChI is InChI=1S/C15H24N2O2S/c16-9-8-15(6-7-15)11-20(18,19)17-14-10-13(14)12-4-2-1-3-5-12/h12-14,17H,1-8,10-11H2/t13-,14+/m0/s1. The van der Waals surface area contributed by atoms with E-state index in [0.717, 1.165) is 25.2 Å². The van der Waals surface area contributed by atoms with E-state index in [0.29, 0.717) is 12.3 Å². The number of nitrogens with one attached hydrogen (secondary N) is 1. The quantitative estimate of drug-likeness (QED) is 0.819. The third-order valence-electron chi connectivity index (χ3n) is 5.33. The summed E-state index contributed by atoms with van der Waals surface area (Å²) < 4.78 is 27.3. The first kappa shape index (κ1) is 14.3. The summed E-state index contributed by atoms with van der Waals surface area (Å²) >= 11 is 0. The Morgan fingerprint density at radius 2 is 1.90 bits per heavy atom. The van der Waals surface area contributed by atoms with Crippen molar-refractivity contribution in [2.75, 3.05) is 5.75 Å². The van der Waals surface area contributed by atoms with Crippen LogP contribution in [0.25, 0.3) is 0 Å². The normalized spacial score (nSPS) is 32.5. The zero-order valence-corrected chi connectivity index (χ0v) is 12.8. The first-order chi connectivity index (χ1) is 9.54. The summed E-state index contributed by atoms with van der Waals surface area (Å²) in [5.41, 5.74) is -0.226. The van der Waals surface area contributed by atoms with Gasteiger partial charge in [-0.1, -0.05) is 32.1 Å². The molecular weight excluding hydrogens is 272 g/mol. The summed E-state index contributed by atoms with van der Waals surface area (Å²) in [5.74, 6) is 1.48. The summed E-state index contributed by atoms with van der Waals surface area (Å²) in [6, 6.07) is 2.31. The van der Waals surface area contributed by atoms with Crippen LogP contribution in [0.4, 0.5) is 0 Å². The molecule has 0 saturated heterocycles. The van der Waals surface area contributed by atoms with Crippen LogP contribution in [0.3, 0.4) is 0 Å². The predicted octanol–water partition coefficient (Wildman–Crippen LogP) is 2.57. The lowest BCUT2D eigenvalue weighted by Crippen LogP contribution is -2.33. The lowest BCUT2D eigenvalue weighted by atomic mass is 9.86. The molecule has 0 aromatic heterocycles. The average molecular weight is 296 g/mol. The van der Waals surface area contributed by atoms with Gasteiger partial charge in [0.15, 0.2) is 0 Å². The van der Waals surface area contributed by atoms with E-state index in [-0.39, 0.29) is 17.2 Å². The Hall–Kier alpha value is -0.600. The predicted molar refractivity (Wildman–Crippen MR) is 77.3 cm³/mol. The third-order valence-corrected chi connectivity index (χ3v) is 6.99. The molecule has 0 aromatic rings. The zero-order chi connectivity index (χ0) is 14.2. The second-order valence-electron chi connectivity index (χ2n) is 7.12. The van der Waals surface area contributed by atoms with Gasteiger partial charge >= 0.3 is 0 Å². The van der Waals surface area contributed by atoms with Gasteiger partial charge in [-0.25, -0.2) is 13.1 Å². The smallest absolute Gasteiger partial charge is 0.212 e. The van der Waals surface area contributed by atoms with Gasteiger partial charge in [-0.3, -0.25) is 0 Å². The Labute approximate surface area is 122 Å². The number of nitriles is 1. The maximum atomic E-state index is 12.2. The molecule has 3 aliphatic carbocycles. The van der Waals surface area contributed by atoms with Crippen LogP contribution in [0.1, 0.15) is 57.8 Å². The van der Waals surface area contributed by atoms with Crippen molar-refractivity contribution in [1.29, 1.82) is 5.26 Å². The van der Waals surface area contributed by atoms with Crippen LogP contribution >= 0.6 is 0 Å². The topological polar surface area (TPSA) is 70.0 Å². The SMILES string of the molecule is N#CCC1(CS(=O)(=O)N[C@@H]2C[C@H]2C2CCCCC2)CC1. The van der Waals surface area contributed by atoms with E-state index in [2.05, 4.69) is 10.8 Å². The molecule has 0 unspecified atom stereocenters. The van der Waals surface area contributed by atoms with Crippen molar-refractivity contribution >= 4 is 10.0 Å². The molecule has 20 heavy (non-hydrogen) atoms. The molecule has 112 valence electrons.